The Labute approximate surface area is 249 Å². The van der Waals surface area contributed by atoms with Crippen LogP contribution in [0.1, 0.15) is 71.8 Å². The zero-order chi connectivity index (χ0) is 30.9. The van der Waals surface area contributed by atoms with E-state index in [1.807, 2.05) is 12.2 Å². The number of rotatable bonds is 4. The highest BCUT2D eigenvalue weighted by Crippen LogP contribution is 2.45. The van der Waals surface area contributed by atoms with Gasteiger partial charge >= 0.3 is 12.1 Å². The van der Waals surface area contributed by atoms with Crippen molar-refractivity contribution in [3.8, 4) is 5.75 Å². The summed E-state index contributed by atoms with van der Waals surface area (Å²) in [5.74, 6) is -1.80. The molecule has 0 spiro atoms. The van der Waals surface area contributed by atoms with Crippen molar-refractivity contribution in [2.75, 3.05) is 13.7 Å². The maximum Gasteiger partial charge on any atom is 0.408 e. The van der Waals surface area contributed by atoms with Crippen LogP contribution < -0.4 is 15.4 Å². The number of nitrogens with zero attached hydrogens (tertiary/aromatic N) is 4. The van der Waals surface area contributed by atoms with Gasteiger partial charge in [-0.15, -0.1) is 0 Å². The van der Waals surface area contributed by atoms with Gasteiger partial charge in [-0.05, 0) is 58.6 Å². The Morgan fingerprint density at radius 2 is 1.91 bits per heavy atom. The number of ether oxygens (including phenoxy) is 2. The lowest BCUT2D eigenvalue weighted by Crippen LogP contribution is -2.56. The predicted octanol–water partition coefficient (Wildman–Crippen LogP) is 2.96. The van der Waals surface area contributed by atoms with E-state index in [1.54, 1.807) is 46.1 Å². The average Bonchev–Trinajstić information content (AvgIpc) is 3.27. The second-order valence-corrected chi connectivity index (χ2v) is 12.6. The molecular weight excluding hydrogens is 556 g/mol. The lowest BCUT2D eigenvalue weighted by Gasteiger charge is -2.30. The average molecular weight is 597 g/mol. The molecule has 1 saturated heterocycles. The van der Waals surface area contributed by atoms with Crippen LogP contribution in [0.15, 0.2) is 30.4 Å². The number of aliphatic carboxylic acids is 1. The fourth-order valence-corrected chi connectivity index (χ4v) is 5.90. The molecule has 1 aromatic heterocycles. The lowest BCUT2D eigenvalue weighted by molar-refractivity contribution is -0.145. The topological polar surface area (TPSA) is 165 Å². The Morgan fingerprint density at radius 1 is 1.14 bits per heavy atom. The first kappa shape index (κ1) is 30.3. The summed E-state index contributed by atoms with van der Waals surface area (Å²) in [6.45, 7) is 5.32. The van der Waals surface area contributed by atoms with E-state index in [0.717, 1.165) is 19.3 Å². The number of amides is 3. The van der Waals surface area contributed by atoms with Crippen LogP contribution in [0.25, 0.3) is 11.0 Å². The Bertz CT molecular complexity index is 1430. The summed E-state index contributed by atoms with van der Waals surface area (Å²) in [7, 11) is 1.56. The highest BCUT2D eigenvalue weighted by molar-refractivity contribution is 5.96. The van der Waals surface area contributed by atoms with Gasteiger partial charge < -0.3 is 30.1 Å². The molecule has 13 heteroatoms. The Morgan fingerprint density at radius 3 is 2.63 bits per heavy atom. The molecule has 2 fully saturated rings. The summed E-state index contributed by atoms with van der Waals surface area (Å²) >= 11 is 0. The minimum Gasteiger partial charge on any atom is -0.497 e. The van der Waals surface area contributed by atoms with Gasteiger partial charge in [0.2, 0.25) is 11.8 Å². The summed E-state index contributed by atoms with van der Waals surface area (Å²) < 4.78 is 10.7. The van der Waals surface area contributed by atoms with E-state index in [9.17, 15) is 24.3 Å². The van der Waals surface area contributed by atoms with E-state index in [4.69, 9.17) is 9.47 Å². The fourth-order valence-electron chi connectivity index (χ4n) is 5.90. The first-order valence-corrected chi connectivity index (χ1v) is 14.8. The molecule has 3 N–H and O–H groups in total. The molecule has 0 bridgehead atoms. The number of carboxylic acid groups (broad SMARTS) is 1. The zero-order valence-electron chi connectivity index (χ0n) is 25.0. The van der Waals surface area contributed by atoms with Gasteiger partial charge in [0.15, 0.2) is 0 Å². The molecule has 43 heavy (non-hydrogen) atoms. The van der Waals surface area contributed by atoms with Gasteiger partial charge in [0.25, 0.3) is 0 Å². The summed E-state index contributed by atoms with van der Waals surface area (Å²) in [5.41, 5.74) is -0.948. The first-order valence-electron chi connectivity index (χ1n) is 14.8. The van der Waals surface area contributed by atoms with Crippen LogP contribution in [-0.2, 0) is 19.1 Å². The number of carbonyl (C=O) groups excluding carboxylic acids is 3. The number of hydrogen-bond donors (Lipinski definition) is 3. The van der Waals surface area contributed by atoms with Gasteiger partial charge in [-0.1, -0.05) is 25.0 Å². The highest BCUT2D eigenvalue weighted by Gasteiger charge is 2.61. The number of fused-ring (bicyclic) bond motifs is 3. The van der Waals surface area contributed by atoms with E-state index < -0.39 is 53.1 Å². The number of alkyl carbamates (subject to hydrolysis) is 1. The third-order valence-corrected chi connectivity index (χ3v) is 8.26. The molecule has 0 unspecified atom stereocenters. The molecule has 3 heterocycles. The van der Waals surface area contributed by atoms with Crippen LogP contribution in [0.4, 0.5) is 4.79 Å². The number of allylic oxidation sites excluding steroid dienone is 1. The van der Waals surface area contributed by atoms with Crippen molar-refractivity contribution in [2.45, 2.75) is 95.0 Å². The maximum absolute atomic E-state index is 14.1. The molecule has 0 radical (unpaired) electrons. The van der Waals surface area contributed by atoms with Gasteiger partial charge in [-0.2, -0.15) is 15.0 Å². The molecule has 232 valence electrons. The highest BCUT2D eigenvalue weighted by atomic mass is 16.6. The molecule has 5 atom stereocenters. The molecular formula is C30H40N6O7. The smallest absolute Gasteiger partial charge is 0.408 e. The Kier molecular flexibility index (Phi) is 8.35. The van der Waals surface area contributed by atoms with Crippen LogP contribution in [0.3, 0.4) is 0 Å². The Balaban J connectivity index is 1.46. The van der Waals surface area contributed by atoms with Crippen molar-refractivity contribution in [2.24, 2.45) is 5.92 Å². The molecule has 1 aromatic carbocycles. The summed E-state index contributed by atoms with van der Waals surface area (Å²) in [6.07, 6.45) is 7.02. The largest absolute Gasteiger partial charge is 0.497 e. The van der Waals surface area contributed by atoms with E-state index >= 15 is 0 Å². The second kappa shape index (κ2) is 11.8. The van der Waals surface area contributed by atoms with Gasteiger partial charge in [0.05, 0.1) is 13.2 Å². The minimum atomic E-state index is -1.41. The SMILES string of the molecule is COc1ccc2nn([C@H]3C[C@H]4C(=O)N[C@]5(C(=O)O)C[C@H]5C=CCCCCC[C@H](NC(=O)OC(C)(C)C)C(=O)N4C3)nc2c1. The van der Waals surface area contributed by atoms with Crippen LogP contribution in [0, 0.1) is 5.92 Å². The van der Waals surface area contributed by atoms with Crippen LogP contribution in [-0.4, -0.2) is 85.8 Å². The molecule has 3 aliphatic rings. The minimum absolute atomic E-state index is 0.102. The van der Waals surface area contributed by atoms with Crippen molar-refractivity contribution < 1.29 is 33.8 Å². The van der Waals surface area contributed by atoms with Gasteiger partial charge in [-0.25, -0.2) is 9.59 Å². The van der Waals surface area contributed by atoms with E-state index in [1.165, 1.54) is 9.70 Å². The molecule has 1 aliphatic carbocycles. The standard InChI is InChI=1S/C30H40N6O7/c1-29(2,3)43-28(41)31-22-11-9-7-5-6-8-10-18-16-30(18,27(39)40)32-25(37)24-14-19(17-35(24)26(22)38)36-33-21-13-12-20(42-4)15-23(21)34-36/h8,10,12-13,15,18-19,22,24H,5-7,9,11,14,16-17H2,1-4H3,(H,31,41)(H,32,37)(H,39,40)/t18-,19+,22+,24+,30-/m1/s1. The number of carboxylic acids is 1. The van der Waals surface area contributed by atoms with E-state index in [2.05, 4.69) is 20.8 Å². The second-order valence-electron chi connectivity index (χ2n) is 12.6. The maximum atomic E-state index is 14.1. The monoisotopic (exact) mass is 596 g/mol. The van der Waals surface area contributed by atoms with Crippen molar-refractivity contribution in [1.29, 1.82) is 0 Å². The van der Waals surface area contributed by atoms with Crippen molar-refractivity contribution in [1.82, 2.24) is 30.5 Å². The van der Waals surface area contributed by atoms with Gasteiger partial charge in [0.1, 0.15) is 40.0 Å². The van der Waals surface area contributed by atoms with E-state index in [-0.39, 0.29) is 25.3 Å². The number of carbonyl (C=O) groups is 4. The molecule has 13 nitrogen and oxygen atoms in total. The van der Waals surface area contributed by atoms with E-state index in [0.29, 0.717) is 29.6 Å². The molecule has 2 aliphatic heterocycles. The number of benzene rings is 1. The summed E-state index contributed by atoms with van der Waals surface area (Å²) in [6, 6.07) is 2.92. The molecule has 1 saturated carbocycles. The normalized spacial score (nSPS) is 28.2. The van der Waals surface area contributed by atoms with Crippen molar-refractivity contribution >= 4 is 34.9 Å². The number of nitrogens with one attached hydrogen (secondary N) is 2. The van der Waals surface area contributed by atoms with Crippen molar-refractivity contribution in [3.63, 3.8) is 0 Å². The molecule has 5 rings (SSSR count). The van der Waals surface area contributed by atoms with Crippen LogP contribution in [0.5, 0.6) is 5.75 Å². The quantitative estimate of drug-likeness (QED) is 0.450. The molecule has 3 amide bonds. The van der Waals surface area contributed by atoms with Crippen molar-refractivity contribution in [3.05, 3.63) is 30.4 Å². The van der Waals surface area contributed by atoms with Crippen LogP contribution >= 0.6 is 0 Å². The molecule has 2 aromatic rings. The Hall–Kier alpha value is -4.16. The fraction of sp³-hybridized carbons (Fsp3) is 0.600. The van der Waals surface area contributed by atoms with Crippen LogP contribution in [0.2, 0.25) is 0 Å². The third kappa shape index (κ3) is 6.60. The number of methoxy groups -OCH3 is 1. The zero-order valence-corrected chi connectivity index (χ0v) is 25.0. The lowest BCUT2D eigenvalue weighted by atomic mass is 10.0. The number of aromatic nitrogens is 3. The predicted molar refractivity (Wildman–Crippen MR) is 155 cm³/mol. The number of hydrogen-bond acceptors (Lipinski definition) is 8. The first-order chi connectivity index (χ1) is 20.4. The summed E-state index contributed by atoms with van der Waals surface area (Å²) in [4.78, 5) is 55.9. The van der Waals surface area contributed by atoms with Gasteiger partial charge in [-0.3, -0.25) is 9.59 Å². The summed E-state index contributed by atoms with van der Waals surface area (Å²) in [5, 5.41) is 24.7. The third-order valence-electron chi connectivity index (χ3n) is 8.26. The van der Waals surface area contributed by atoms with Gasteiger partial charge in [0, 0.05) is 24.9 Å².